The van der Waals surface area contributed by atoms with E-state index < -0.39 is 0 Å². The Labute approximate surface area is 150 Å². The number of rotatable bonds is 5. The molecule has 2 aliphatic rings. The molecule has 0 N–H and O–H groups in total. The zero-order valence-electron chi connectivity index (χ0n) is 15.6. The number of carbonyl (C=O) groups is 1. The highest BCUT2D eigenvalue weighted by atomic mass is 16.5. The van der Waals surface area contributed by atoms with Crippen molar-refractivity contribution in [3.05, 3.63) is 35.4 Å². The number of benzene rings is 1. The van der Waals surface area contributed by atoms with E-state index in [0.29, 0.717) is 12.6 Å². The van der Waals surface area contributed by atoms with E-state index >= 15 is 0 Å². The van der Waals surface area contributed by atoms with E-state index in [9.17, 15) is 4.79 Å². The molecule has 5 nitrogen and oxygen atoms in total. The molecular weight excluding hydrogens is 316 g/mol. The van der Waals surface area contributed by atoms with Crippen LogP contribution in [0.3, 0.4) is 0 Å². The third-order valence-electron chi connectivity index (χ3n) is 5.09. The first-order valence-corrected chi connectivity index (χ1v) is 9.33. The van der Waals surface area contributed by atoms with Crippen LogP contribution in [0.5, 0.6) is 0 Å². The largest absolute Gasteiger partial charge is 0.380 e. The fourth-order valence-electron chi connectivity index (χ4n) is 4.15. The smallest absolute Gasteiger partial charge is 0.254 e. The Morgan fingerprint density at radius 3 is 2.76 bits per heavy atom. The zero-order valence-corrected chi connectivity index (χ0v) is 15.6. The fourth-order valence-corrected chi connectivity index (χ4v) is 4.15. The van der Waals surface area contributed by atoms with Crippen LogP contribution in [0.15, 0.2) is 24.3 Å². The summed E-state index contributed by atoms with van der Waals surface area (Å²) in [6, 6.07) is 8.11. The SMILES string of the molecule is COCc1cccc(C(=O)N2CCC[C@H]2CN2C[C@@H](C)O[C@@H](C)C2)c1. The summed E-state index contributed by atoms with van der Waals surface area (Å²) < 4.78 is 11.0. The van der Waals surface area contributed by atoms with Crippen LogP contribution >= 0.6 is 0 Å². The molecule has 0 saturated carbocycles. The minimum absolute atomic E-state index is 0.148. The van der Waals surface area contributed by atoms with Gasteiger partial charge in [0.05, 0.1) is 18.8 Å². The minimum Gasteiger partial charge on any atom is -0.380 e. The number of likely N-dealkylation sites (tertiary alicyclic amines) is 1. The van der Waals surface area contributed by atoms with Crippen molar-refractivity contribution in [1.29, 1.82) is 0 Å². The molecule has 0 spiro atoms. The molecule has 2 saturated heterocycles. The number of hydrogen-bond acceptors (Lipinski definition) is 4. The molecule has 1 amide bonds. The average Bonchev–Trinajstić information content (AvgIpc) is 3.02. The monoisotopic (exact) mass is 346 g/mol. The van der Waals surface area contributed by atoms with Crippen molar-refractivity contribution in [2.45, 2.75) is 51.5 Å². The van der Waals surface area contributed by atoms with Crippen molar-refractivity contribution < 1.29 is 14.3 Å². The maximum atomic E-state index is 13.0. The molecule has 5 heteroatoms. The Morgan fingerprint density at radius 1 is 1.28 bits per heavy atom. The molecule has 3 atom stereocenters. The van der Waals surface area contributed by atoms with Crippen molar-refractivity contribution in [1.82, 2.24) is 9.80 Å². The van der Waals surface area contributed by atoms with Crippen LogP contribution in [-0.4, -0.2) is 67.2 Å². The second kappa shape index (κ2) is 8.30. The Morgan fingerprint density at radius 2 is 2.04 bits per heavy atom. The Hall–Kier alpha value is -1.43. The number of carbonyl (C=O) groups excluding carboxylic acids is 1. The highest BCUT2D eigenvalue weighted by Gasteiger charge is 2.32. The van der Waals surface area contributed by atoms with E-state index in [1.165, 1.54) is 0 Å². The van der Waals surface area contributed by atoms with Gasteiger partial charge in [-0.2, -0.15) is 0 Å². The van der Waals surface area contributed by atoms with E-state index in [1.807, 2.05) is 24.3 Å². The van der Waals surface area contributed by atoms with Gasteiger partial charge in [0.25, 0.3) is 5.91 Å². The molecule has 138 valence electrons. The molecule has 1 aromatic rings. The van der Waals surface area contributed by atoms with E-state index in [0.717, 1.165) is 50.1 Å². The summed E-state index contributed by atoms with van der Waals surface area (Å²) in [7, 11) is 1.68. The van der Waals surface area contributed by atoms with Gasteiger partial charge in [0.15, 0.2) is 0 Å². The molecule has 0 bridgehead atoms. The molecule has 0 unspecified atom stereocenters. The summed E-state index contributed by atoms with van der Waals surface area (Å²) in [5, 5.41) is 0. The molecule has 3 rings (SSSR count). The number of hydrogen-bond donors (Lipinski definition) is 0. The van der Waals surface area contributed by atoms with Crippen LogP contribution < -0.4 is 0 Å². The van der Waals surface area contributed by atoms with Crippen LogP contribution in [0.1, 0.15) is 42.6 Å². The standard InChI is InChI=1S/C20H30N2O3/c1-15-11-21(12-16(2)25-15)13-19-8-5-9-22(19)20(23)18-7-4-6-17(10-18)14-24-3/h4,6-7,10,15-16,19H,5,8-9,11-14H2,1-3H3/t15-,16+,19-/m0/s1. The fraction of sp³-hybridized carbons (Fsp3) is 0.650. The maximum absolute atomic E-state index is 13.0. The summed E-state index contributed by atoms with van der Waals surface area (Å²) in [5.41, 5.74) is 1.81. The first-order valence-electron chi connectivity index (χ1n) is 9.33. The second-order valence-corrected chi connectivity index (χ2v) is 7.40. The van der Waals surface area contributed by atoms with Crippen molar-refractivity contribution in [2.75, 3.05) is 33.3 Å². The van der Waals surface area contributed by atoms with Gasteiger partial charge in [-0.3, -0.25) is 9.69 Å². The number of morpholine rings is 1. The zero-order chi connectivity index (χ0) is 17.8. The van der Waals surface area contributed by atoms with Gasteiger partial charge in [-0.05, 0) is 44.4 Å². The summed E-state index contributed by atoms with van der Waals surface area (Å²) >= 11 is 0. The van der Waals surface area contributed by atoms with Crippen LogP contribution in [-0.2, 0) is 16.1 Å². The first kappa shape index (κ1) is 18.4. The lowest BCUT2D eigenvalue weighted by Crippen LogP contribution is -2.50. The number of nitrogens with zero attached hydrogens (tertiary/aromatic N) is 2. The summed E-state index contributed by atoms with van der Waals surface area (Å²) in [5.74, 6) is 0.148. The normalized spacial score (nSPS) is 27.6. The predicted molar refractivity (Wildman–Crippen MR) is 97.7 cm³/mol. The van der Waals surface area contributed by atoms with Crippen LogP contribution in [0.4, 0.5) is 0 Å². The summed E-state index contributed by atoms with van der Waals surface area (Å²) in [4.78, 5) is 17.5. The number of ether oxygens (including phenoxy) is 2. The molecule has 0 aromatic heterocycles. The van der Waals surface area contributed by atoms with Crippen LogP contribution in [0, 0.1) is 0 Å². The van der Waals surface area contributed by atoms with E-state index in [1.54, 1.807) is 7.11 Å². The van der Waals surface area contributed by atoms with Gasteiger partial charge in [-0.1, -0.05) is 12.1 Å². The molecule has 25 heavy (non-hydrogen) atoms. The van der Waals surface area contributed by atoms with Crippen molar-refractivity contribution in [2.24, 2.45) is 0 Å². The Balaban J connectivity index is 1.66. The summed E-state index contributed by atoms with van der Waals surface area (Å²) in [6.45, 7) is 8.49. The third-order valence-corrected chi connectivity index (χ3v) is 5.09. The van der Waals surface area contributed by atoms with Gasteiger partial charge in [0, 0.05) is 44.9 Å². The van der Waals surface area contributed by atoms with Crippen LogP contribution in [0.2, 0.25) is 0 Å². The van der Waals surface area contributed by atoms with Gasteiger partial charge in [-0.25, -0.2) is 0 Å². The van der Waals surface area contributed by atoms with Gasteiger partial charge < -0.3 is 14.4 Å². The maximum Gasteiger partial charge on any atom is 0.254 e. The Bertz CT molecular complexity index is 582. The lowest BCUT2D eigenvalue weighted by Gasteiger charge is -2.38. The van der Waals surface area contributed by atoms with Crippen molar-refractivity contribution in [3.63, 3.8) is 0 Å². The Kier molecular flexibility index (Phi) is 6.10. The average molecular weight is 346 g/mol. The topological polar surface area (TPSA) is 42.0 Å². The van der Waals surface area contributed by atoms with Crippen molar-refractivity contribution >= 4 is 5.91 Å². The molecule has 0 radical (unpaired) electrons. The second-order valence-electron chi connectivity index (χ2n) is 7.40. The molecule has 1 aromatic carbocycles. The highest BCUT2D eigenvalue weighted by molar-refractivity contribution is 5.94. The molecule has 2 heterocycles. The van der Waals surface area contributed by atoms with E-state index in [4.69, 9.17) is 9.47 Å². The quantitative estimate of drug-likeness (QED) is 0.822. The number of methoxy groups -OCH3 is 1. The van der Waals surface area contributed by atoms with E-state index in [2.05, 4.69) is 23.6 Å². The van der Waals surface area contributed by atoms with Crippen molar-refractivity contribution in [3.8, 4) is 0 Å². The lowest BCUT2D eigenvalue weighted by atomic mass is 10.1. The van der Waals surface area contributed by atoms with Gasteiger partial charge in [0.2, 0.25) is 0 Å². The van der Waals surface area contributed by atoms with Gasteiger partial charge in [-0.15, -0.1) is 0 Å². The first-order chi connectivity index (χ1) is 12.1. The minimum atomic E-state index is 0.148. The molecule has 0 aliphatic carbocycles. The third kappa shape index (κ3) is 4.60. The predicted octanol–water partition coefficient (Wildman–Crippen LogP) is 2.55. The van der Waals surface area contributed by atoms with Gasteiger partial charge in [0.1, 0.15) is 0 Å². The highest BCUT2D eigenvalue weighted by Crippen LogP contribution is 2.23. The van der Waals surface area contributed by atoms with Crippen LogP contribution in [0.25, 0.3) is 0 Å². The molecular formula is C20H30N2O3. The lowest BCUT2D eigenvalue weighted by molar-refractivity contribution is -0.0715. The number of amides is 1. The molecule has 2 aliphatic heterocycles. The molecule has 2 fully saturated rings. The van der Waals surface area contributed by atoms with Gasteiger partial charge >= 0.3 is 0 Å². The van der Waals surface area contributed by atoms with E-state index in [-0.39, 0.29) is 18.1 Å². The summed E-state index contributed by atoms with van der Waals surface area (Å²) in [6.07, 6.45) is 2.70.